The fraction of sp³-hybridized carbons (Fsp3) is 0.423. The predicted molar refractivity (Wildman–Crippen MR) is 131 cm³/mol. The third kappa shape index (κ3) is 5.13. The van der Waals surface area contributed by atoms with E-state index < -0.39 is 29.5 Å². The molecule has 1 fully saturated rings. The maximum Gasteiger partial charge on any atom is 0.354 e. The number of H-pyrrole nitrogens is 1. The molecule has 1 amide bonds. The highest BCUT2D eigenvalue weighted by Gasteiger charge is 2.44. The highest BCUT2D eigenvalue weighted by molar-refractivity contribution is 6.46. The number of nitrogens with zero attached hydrogens (tertiary/aromatic N) is 1. The van der Waals surface area contributed by atoms with Crippen LogP contribution in [0.1, 0.15) is 59.2 Å². The van der Waals surface area contributed by atoms with Crippen LogP contribution in [0.15, 0.2) is 29.8 Å². The lowest BCUT2D eigenvalue weighted by atomic mass is 9.94. The Kier molecular flexibility index (Phi) is 8.40. The van der Waals surface area contributed by atoms with Gasteiger partial charge in [0.2, 0.25) is 5.78 Å². The van der Waals surface area contributed by atoms with Crippen LogP contribution in [-0.2, 0) is 14.3 Å². The first-order chi connectivity index (χ1) is 16.7. The number of likely N-dealkylation sites (tertiary alicyclic amines) is 1. The number of hydrogen-bond acceptors (Lipinski definition) is 5. The molecule has 2 aromatic rings. The first-order valence-corrected chi connectivity index (χ1v) is 12.2. The van der Waals surface area contributed by atoms with Gasteiger partial charge in [-0.3, -0.25) is 9.59 Å². The maximum atomic E-state index is 13.8. The van der Waals surface area contributed by atoms with Gasteiger partial charge in [0.25, 0.3) is 5.91 Å². The van der Waals surface area contributed by atoms with Crippen LogP contribution in [0.4, 0.5) is 0 Å². The minimum atomic E-state index is -0.858. The summed E-state index contributed by atoms with van der Waals surface area (Å²) in [4.78, 5) is 44.3. The van der Waals surface area contributed by atoms with Gasteiger partial charge in [-0.15, -0.1) is 0 Å². The zero-order chi connectivity index (χ0) is 25.9. The van der Waals surface area contributed by atoms with Crippen molar-refractivity contribution in [3.05, 3.63) is 62.9 Å². The molecule has 188 valence electrons. The molecule has 0 saturated carbocycles. The number of carbonyl (C=O) groups excluding carboxylic acids is 3. The summed E-state index contributed by atoms with van der Waals surface area (Å²) in [6.07, 6.45) is 0.684. The van der Waals surface area contributed by atoms with E-state index in [0.717, 1.165) is 19.6 Å². The van der Waals surface area contributed by atoms with Crippen molar-refractivity contribution in [2.75, 3.05) is 33.3 Å². The molecule has 2 N–H and O–H groups in total. The van der Waals surface area contributed by atoms with Gasteiger partial charge in [-0.1, -0.05) is 29.5 Å². The van der Waals surface area contributed by atoms with Crippen molar-refractivity contribution in [3.8, 4) is 0 Å². The summed E-state index contributed by atoms with van der Waals surface area (Å²) in [7, 11) is 1.25. The second-order valence-electron chi connectivity index (χ2n) is 8.71. The van der Waals surface area contributed by atoms with E-state index in [9.17, 15) is 19.5 Å². The second kappa shape index (κ2) is 11.1. The van der Waals surface area contributed by atoms with Crippen molar-refractivity contribution in [2.45, 2.75) is 40.2 Å². The van der Waals surface area contributed by atoms with Gasteiger partial charge in [0.1, 0.15) is 5.69 Å². The number of halogens is 1. The van der Waals surface area contributed by atoms with Crippen molar-refractivity contribution in [2.24, 2.45) is 0 Å². The van der Waals surface area contributed by atoms with Gasteiger partial charge >= 0.3 is 5.97 Å². The Morgan fingerprint density at radius 2 is 1.91 bits per heavy atom. The second-order valence-corrected chi connectivity index (χ2v) is 9.14. The molecule has 0 spiro atoms. The molecule has 0 bridgehead atoms. The number of aromatic amines is 1. The van der Waals surface area contributed by atoms with Crippen LogP contribution in [0, 0.1) is 13.8 Å². The van der Waals surface area contributed by atoms with E-state index in [0.29, 0.717) is 34.8 Å². The smallest absolute Gasteiger partial charge is 0.354 e. The molecule has 1 aromatic heterocycles. The Balaban J connectivity index is 2.12. The van der Waals surface area contributed by atoms with Gasteiger partial charge in [-0.05, 0) is 56.5 Å². The minimum absolute atomic E-state index is 0.130. The highest BCUT2D eigenvalue weighted by Crippen LogP contribution is 2.40. The topological polar surface area (TPSA) is 107 Å². The molecule has 3 rings (SSSR count). The number of Topliss-reactive ketones (excluding diaryl/α,β-unsaturated/α-hetero) is 1. The number of methoxy groups -OCH3 is 1. The fourth-order valence-corrected chi connectivity index (χ4v) is 4.96. The molecule has 1 atom stereocenters. The van der Waals surface area contributed by atoms with Crippen molar-refractivity contribution in [3.63, 3.8) is 0 Å². The van der Waals surface area contributed by atoms with Crippen LogP contribution in [-0.4, -0.2) is 60.8 Å². The lowest BCUT2D eigenvalue weighted by Gasteiger charge is -2.28. The van der Waals surface area contributed by atoms with Gasteiger partial charge in [0.15, 0.2) is 0 Å². The molecular weight excluding hydrogens is 470 g/mol. The normalized spacial score (nSPS) is 17.5. The van der Waals surface area contributed by atoms with Gasteiger partial charge in [-0.25, -0.2) is 4.79 Å². The number of rotatable bonds is 9. The quantitative estimate of drug-likeness (QED) is 0.235. The Hall–Kier alpha value is -3.10. The third-order valence-corrected chi connectivity index (χ3v) is 6.91. The average molecular weight is 502 g/mol. The number of aryl methyl sites for hydroxylation is 1. The van der Waals surface area contributed by atoms with Crippen LogP contribution >= 0.6 is 11.6 Å². The summed E-state index contributed by atoms with van der Waals surface area (Å²) in [5.41, 5.74) is 1.60. The Morgan fingerprint density at radius 1 is 1.23 bits per heavy atom. The first kappa shape index (κ1) is 26.5. The average Bonchev–Trinajstić information content (AvgIpc) is 3.28. The highest BCUT2D eigenvalue weighted by atomic mass is 35.5. The summed E-state index contributed by atoms with van der Waals surface area (Å²) in [5.74, 6) is -2.72. The first-order valence-electron chi connectivity index (χ1n) is 11.8. The number of benzene rings is 1. The zero-order valence-electron chi connectivity index (χ0n) is 20.8. The maximum absolute atomic E-state index is 13.8. The molecule has 0 radical (unpaired) electrons. The summed E-state index contributed by atoms with van der Waals surface area (Å²) in [5, 5.41) is 14.3. The fourth-order valence-electron chi connectivity index (χ4n) is 4.76. The molecule has 1 aliphatic heterocycles. The number of nitrogens with one attached hydrogen (secondary N) is 2. The monoisotopic (exact) mass is 501 g/mol. The molecule has 8 nitrogen and oxygen atoms in total. The summed E-state index contributed by atoms with van der Waals surface area (Å²) in [6.45, 7) is 10.6. The van der Waals surface area contributed by atoms with E-state index in [1.807, 2.05) is 0 Å². The molecule has 35 heavy (non-hydrogen) atoms. The zero-order valence-corrected chi connectivity index (χ0v) is 21.5. The molecule has 0 aliphatic carbocycles. The number of amides is 1. The van der Waals surface area contributed by atoms with Crippen LogP contribution < -0.4 is 10.0 Å². The molecule has 1 aromatic carbocycles. The lowest BCUT2D eigenvalue weighted by Crippen LogP contribution is -3.11. The summed E-state index contributed by atoms with van der Waals surface area (Å²) >= 11 is 6.23. The van der Waals surface area contributed by atoms with Crippen LogP contribution in [0.3, 0.4) is 0 Å². The van der Waals surface area contributed by atoms with E-state index in [-0.39, 0.29) is 16.8 Å². The number of ketones is 1. The van der Waals surface area contributed by atoms with Gasteiger partial charge < -0.3 is 24.6 Å². The van der Waals surface area contributed by atoms with Crippen molar-refractivity contribution < 1.29 is 29.1 Å². The van der Waals surface area contributed by atoms with E-state index in [2.05, 4.69) is 18.8 Å². The number of quaternary nitrogens is 1. The molecular formula is C26H32ClN3O5. The number of carbonyl (C=O) groups is 3. The number of aromatic nitrogens is 1. The van der Waals surface area contributed by atoms with Gasteiger partial charge in [-0.2, -0.15) is 0 Å². The van der Waals surface area contributed by atoms with Crippen molar-refractivity contribution in [1.82, 2.24) is 9.88 Å². The van der Waals surface area contributed by atoms with Gasteiger partial charge in [0.05, 0.1) is 32.8 Å². The van der Waals surface area contributed by atoms with Crippen LogP contribution in [0.5, 0.6) is 0 Å². The van der Waals surface area contributed by atoms with E-state index >= 15 is 0 Å². The molecule has 1 saturated heterocycles. The SMILES string of the molecule is CC[NH+](CC)CCCN1C(=O)C(=O)C(=C([O-])c2c(C)[nH]c(C(=O)OC)c2C)C1c1cccc(Cl)c1. The predicted octanol–water partition coefficient (Wildman–Crippen LogP) is 1.61. The molecule has 1 unspecified atom stereocenters. The van der Waals surface area contributed by atoms with Crippen molar-refractivity contribution >= 4 is 35.0 Å². The Bertz CT molecular complexity index is 1170. The van der Waals surface area contributed by atoms with E-state index in [4.69, 9.17) is 16.3 Å². The molecule has 1 aliphatic rings. The Labute approximate surface area is 210 Å². The van der Waals surface area contributed by atoms with Crippen molar-refractivity contribution in [1.29, 1.82) is 0 Å². The van der Waals surface area contributed by atoms with Crippen LogP contribution in [0.25, 0.3) is 5.76 Å². The summed E-state index contributed by atoms with van der Waals surface area (Å²) < 4.78 is 4.80. The van der Waals surface area contributed by atoms with E-state index in [1.165, 1.54) is 16.9 Å². The molecule has 2 heterocycles. The standard InChI is InChI=1S/C26H32ClN3O5/c1-6-29(7-2)12-9-13-30-22(17-10-8-11-18(27)14-17)20(24(32)25(30)33)23(31)19-15(3)21(26(34)35-5)28-16(19)4/h8,10-11,14,22,28,31H,6-7,9,12-13H2,1-5H3. The summed E-state index contributed by atoms with van der Waals surface area (Å²) in [6, 6.07) is 6.00. The number of esters is 1. The van der Waals surface area contributed by atoms with E-state index in [1.54, 1.807) is 38.1 Å². The largest absolute Gasteiger partial charge is 0.872 e. The van der Waals surface area contributed by atoms with Crippen LogP contribution in [0.2, 0.25) is 5.02 Å². The molecule has 9 heteroatoms. The number of hydrogen-bond donors (Lipinski definition) is 2. The third-order valence-electron chi connectivity index (χ3n) is 6.68. The Morgan fingerprint density at radius 3 is 2.51 bits per heavy atom. The minimum Gasteiger partial charge on any atom is -0.872 e. The van der Waals surface area contributed by atoms with Gasteiger partial charge in [0, 0.05) is 29.3 Å². The number of ether oxygens (including phenoxy) is 1. The lowest BCUT2D eigenvalue weighted by molar-refractivity contribution is -0.896.